The fraction of sp³-hybridized carbons (Fsp3) is 0.688. The molecule has 1 fully saturated rings. The van der Waals surface area contributed by atoms with Crippen LogP contribution in [0.15, 0.2) is 6.07 Å². The number of carbonyl (C=O) groups is 2. The van der Waals surface area contributed by atoms with Crippen LogP contribution in [0.3, 0.4) is 0 Å². The summed E-state index contributed by atoms with van der Waals surface area (Å²) in [5.41, 5.74) is 6.61. The average molecular weight is 306 g/mol. The molecule has 0 saturated carbocycles. The molecule has 122 valence electrons. The van der Waals surface area contributed by atoms with Crippen LogP contribution in [-0.2, 0) is 10.3 Å². The number of primary amides is 1. The van der Waals surface area contributed by atoms with Crippen molar-refractivity contribution in [2.45, 2.75) is 59.0 Å². The van der Waals surface area contributed by atoms with Crippen molar-refractivity contribution in [2.75, 3.05) is 6.54 Å². The van der Waals surface area contributed by atoms with Crippen molar-refractivity contribution in [1.29, 1.82) is 0 Å². The van der Waals surface area contributed by atoms with Gasteiger partial charge in [0, 0.05) is 18.3 Å². The zero-order valence-electron chi connectivity index (χ0n) is 14.1. The maximum absolute atomic E-state index is 12.8. The lowest BCUT2D eigenvalue weighted by Gasteiger charge is -2.36. The van der Waals surface area contributed by atoms with E-state index >= 15 is 0 Å². The molecule has 2 N–H and O–H groups in total. The quantitative estimate of drug-likeness (QED) is 0.902. The van der Waals surface area contributed by atoms with Crippen molar-refractivity contribution < 1.29 is 9.59 Å². The lowest BCUT2D eigenvalue weighted by molar-refractivity contribution is -0.123. The molecule has 2 heterocycles. The maximum atomic E-state index is 12.8. The molecular formula is C16H26N4O2. The van der Waals surface area contributed by atoms with Gasteiger partial charge in [-0.15, -0.1) is 0 Å². The minimum absolute atomic E-state index is 0.100. The number of nitrogens with two attached hydrogens (primary N) is 1. The Labute approximate surface area is 131 Å². The van der Waals surface area contributed by atoms with Crippen molar-refractivity contribution in [3.05, 3.63) is 17.5 Å². The van der Waals surface area contributed by atoms with Gasteiger partial charge in [0.15, 0.2) is 5.69 Å². The Morgan fingerprint density at radius 3 is 2.45 bits per heavy atom. The van der Waals surface area contributed by atoms with E-state index in [1.807, 2.05) is 45.4 Å². The monoisotopic (exact) mass is 306 g/mol. The summed E-state index contributed by atoms with van der Waals surface area (Å²) in [6.07, 6.45) is 1.54. The molecular weight excluding hydrogens is 280 g/mol. The van der Waals surface area contributed by atoms with Crippen molar-refractivity contribution in [3.63, 3.8) is 0 Å². The van der Waals surface area contributed by atoms with Crippen LogP contribution in [0.4, 0.5) is 0 Å². The Balaban J connectivity index is 2.25. The second kappa shape index (κ2) is 5.74. The molecule has 2 unspecified atom stereocenters. The van der Waals surface area contributed by atoms with E-state index in [9.17, 15) is 9.59 Å². The highest BCUT2D eigenvalue weighted by molar-refractivity contribution is 5.93. The van der Waals surface area contributed by atoms with E-state index in [1.165, 1.54) is 0 Å². The van der Waals surface area contributed by atoms with E-state index in [0.717, 1.165) is 18.5 Å². The number of rotatable bonds is 2. The molecule has 6 heteroatoms. The van der Waals surface area contributed by atoms with Gasteiger partial charge < -0.3 is 10.6 Å². The molecule has 1 saturated heterocycles. The largest absolute Gasteiger partial charge is 0.369 e. The summed E-state index contributed by atoms with van der Waals surface area (Å²) in [7, 11) is 0. The highest BCUT2D eigenvalue weighted by Gasteiger charge is 2.33. The normalized spacial score (nSPS) is 22.7. The molecule has 6 nitrogen and oxygen atoms in total. The molecule has 1 aromatic rings. The molecule has 2 amide bonds. The lowest BCUT2D eigenvalue weighted by atomic mass is 9.92. The van der Waals surface area contributed by atoms with Crippen LogP contribution >= 0.6 is 0 Å². The number of hydrogen-bond donors (Lipinski definition) is 1. The van der Waals surface area contributed by atoms with Crippen molar-refractivity contribution in [1.82, 2.24) is 14.7 Å². The predicted molar refractivity (Wildman–Crippen MR) is 84.4 cm³/mol. The minimum atomic E-state index is -0.332. The number of amides is 2. The topological polar surface area (TPSA) is 81.2 Å². The molecule has 0 aromatic carbocycles. The minimum Gasteiger partial charge on any atom is -0.369 e. The fourth-order valence-corrected chi connectivity index (χ4v) is 3.03. The number of aromatic nitrogens is 2. The molecule has 1 aliphatic heterocycles. The lowest BCUT2D eigenvalue weighted by Crippen LogP contribution is -2.48. The third-order valence-corrected chi connectivity index (χ3v) is 4.29. The van der Waals surface area contributed by atoms with Crippen molar-refractivity contribution >= 4 is 11.8 Å². The molecule has 2 atom stereocenters. The zero-order valence-corrected chi connectivity index (χ0v) is 14.1. The third-order valence-electron chi connectivity index (χ3n) is 4.29. The predicted octanol–water partition coefficient (Wildman–Crippen LogP) is 1.67. The molecule has 0 radical (unpaired) electrons. The van der Waals surface area contributed by atoms with E-state index in [4.69, 9.17) is 5.73 Å². The van der Waals surface area contributed by atoms with Gasteiger partial charge in [0.1, 0.15) is 0 Å². The summed E-state index contributed by atoms with van der Waals surface area (Å²) in [4.78, 5) is 25.9. The SMILES string of the molecule is Cc1cc(C(=O)N2CC(C(N)=O)CCC2C)nn1C(C)(C)C. The maximum Gasteiger partial charge on any atom is 0.274 e. The number of aryl methyl sites for hydroxylation is 1. The highest BCUT2D eigenvalue weighted by Crippen LogP contribution is 2.24. The van der Waals surface area contributed by atoms with Gasteiger partial charge in [-0.05, 0) is 53.5 Å². The molecule has 1 aliphatic rings. The van der Waals surface area contributed by atoms with Crippen LogP contribution < -0.4 is 5.73 Å². The Morgan fingerprint density at radius 2 is 1.95 bits per heavy atom. The van der Waals surface area contributed by atoms with E-state index in [-0.39, 0.29) is 29.3 Å². The Morgan fingerprint density at radius 1 is 1.32 bits per heavy atom. The van der Waals surface area contributed by atoms with Crippen LogP contribution in [0.5, 0.6) is 0 Å². The van der Waals surface area contributed by atoms with Gasteiger partial charge in [0.25, 0.3) is 5.91 Å². The van der Waals surface area contributed by atoms with Crippen LogP contribution in [0, 0.1) is 12.8 Å². The molecule has 0 bridgehead atoms. The summed E-state index contributed by atoms with van der Waals surface area (Å²) in [6, 6.07) is 1.91. The molecule has 0 spiro atoms. The summed E-state index contributed by atoms with van der Waals surface area (Å²) in [6.45, 7) is 10.5. The van der Waals surface area contributed by atoms with Gasteiger partial charge in [-0.25, -0.2) is 0 Å². The fourth-order valence-electron chi connectivity index (χ4n) is 3.03. The van der Waals surface area contributed by atoms with Gasteiger partial charge in [-0.2, -0.15) is 5.10 Å². The molecule has 1 aromatic heterocycles. The first-order valence-corrected chi connectivity index (χ1v) is 7.78. The van der Waals surface area contributed by atoms with E-state index in [2.05, 4.69) is 5.10 Å². The van der Waals surface area contributed by atoms with E-state index in [1.54, 1.807) is 4.90 Å². The standard InChI is InChI=1S/C16H26N4O2/c1-10-6-7-12(14(17)21)9-19(10)15(22)13-8-11(2)20(18-13)16(3,4)5/h8,10,12H,6-7,9H2,1-5H3,(H2,17,21). The second-order valence-corrected chi connectivity index (χ2v) is 7.24. The third kappa shape index (κ3) is 3.15. The number of likely N-dealkylation sites (tertiary alicyclic amines) is 1. The smallest absolute Gasteiger partial charge is 0.274 e. The molecule has 22 heavy (non-hydrogen) atoms. The Kier molecular flexibility index (Phi) is 4.31. The van der Waals surface area contributed by atoms with Crippen LogP contribution in [-0.4, -0.2) is 39.1 Å². The van der Waals surface area contributed by atoms with Crippen LogP contribution in [0.2, 0.25) is 0 Å². The Hall–Kier alpha value is -1.85. The average Bonchev–Trinajstić information content (AvgIpc) is 2.80. The Bertz CT molecular complexity index is 585. The van der Waals surface area contributed by atoms with Crippen LogP contribution in [0.1, 0.15) is 56.7 Å². The van der Waals surface area contributed by atoms with Gasteiger partial charge in [-0.1, -0.05) is 0 Å². The van der Waals surface area contributed by atoms with Gasteiger partial charge in [0.2, 0.25) is 5.91 Å². The van der Waals surface area contributed by atoms with Gasteiger partial charge in [-0.3, -0.25) is 14.3 Å². The number of piperidine rings is 1. The van der Waals surface area contributed by atoms with E-state index < -0.39 is 0 Å². The summed E-state index contributed by atoms with van der Waals surface area (Å²) >= 11 is 0. The number of hydrogen-bond acceptors (Lipinski definition) is 3. The first-order chi connectivity index (χ1) is 10.1. The molecule has 0 aliphatic carbocycles. The van der Waals surface area contributed by atoms with Crippen LogP contribution in [0.25, 0.3) is 0 Å². The highest BCUT2D eigenvalue weighted by atomic mass is 16.2. The first-order valence-electron chi connectivity index (χ1n) is 7.78. The van der Waals surface area contributed by atoms with Gasteiger partial charge in [0.05, 0.1) is 11.5 Å². The van der Waals surface area contributed by atoms with Gasteiger partial charge >= 0.3 is 0 Å². The number of carbonyl (C=O) groups excluding carboxylic acids is 2. The zero-order chi connectivity index (χ0) is 16.7. The van der Waals surface area contributed by atoms with Crippen molar-refractivity contribution in [2.24, 2.45) is 11.7 Å². The summed E-state index contributed by atoms with van der Waals surface area (Å²) in [5.74, 6) is -0.711. The first kappa shape index (κ1) is 16.5. The number of nitrogens with zero attached hydrogens (tertiary/aromatic N) is 3. The summed E-state index contributed by atoms with van der Waals surface area (Å²) < 4.78 is 1.86. The summed E-state index contributed by atoms with van der Waals surface area (Å²) in [5, 5.41) is 4.47. The van der Waals surface area contributed by atoms with E-state index in [0.29, 0.717) is 12.2 Å². The molecule has 2 rings (SSSR count). The second-order valence-electron chi connectivity index (χ2n) is 7.24. The van der Waals surface area contributed by atoms with Crippen molar-refractivity contribution in [3.8, 4) is 0 Å².